The molecule has 0 aromatic carbocycles. The van der Waals surface area contributed by atoms with Crippen LogP contribution in [0, 0.1) is 28.6 Å². The number of hydrogen-bond donors (Lipinski definition) is 1. The molecule has 2 aliphatic heterocycles. The molecule has 44 heavy (non-hydrogen) atoms. The minimum absolute atomic E-state index is 0.0126. The van der Waals surface area contributed by atoms with E-state index in [0.29, 0.717) is 19.3 Å². The van der Waals surface area contributed by atoms with E-state index < -0.39 is 34.9 Å². The average molecular weight is 613 g/mol. The number of aliphatic hydroxyl groups is 1. The Kier molecular flexibility index (Phi) is 9.00. The normalized spacial score (nSPS) is 41.8. The summed E-state index contributed by atoms with van der Waals surface area (Å²) in [5, 5.41) is 11.9. The van der Waals surface area contributed by atoms with Crippen LogP contribution in [0.15, 0.2) is 23.8 Å². The fourth-order valence-corrected chi connectivity index (χ4v) is 10.0. The molecule has 0 amide bonds. The number of ketones is 2. The van der Waals surface area contributed by atoms with Crippen molar-refractivity contribution in [1.29, 1.82) is 0 Å². The molecular weight excluding hydrogens is 560 g/mol. The molecule has 4 aliphatic carbocycles. The van der Waals surface area contributed by atoms with E-state index in [1.165, 1.54) is 12.8 Å². The van der Waals surface area contributed by atoms with Crippen molar-refractivity contribution in [3.63, 3.8) is 0 Å². The Hall–Kier alpha value is -1.91. The molecule has 4 unspecified atom stereocenters. The van der Waals surface area contributed by atoms with Crippen molar-refractivity contribution in [3.05, 3.63) is 23.8 Å². The fraction of sp³-hybridized carbons (Fsp3) is 0.800. The van der Waals surface area contributed by atoms with Crippen molar-refractivity contribution >= 4 is 17.5 Å². The zero-order valence-electron chi connectivity index (χ0n) is 27.1. The van der Waals surface area contributed by atoms with Gasteiger partial charge in [0, 0.05) is 42.9 Å². The number of piperazine rings is 1. The third kappa shape index (κ3) is 5.24. The molecule has 9 atom stereocenters. The van der Waals surface area contributed by atoms with Gasteiger partial charge in [-0.15, -0.1) is 0 Å². The van der Waals surface area contributed by atoms with E-state index >= 15 is 0 Å². The van der Waals surface area contributed by atoms with E-state index in [-0.39, 0.29) is 48.4 Å². The van der Waals surface area contributed by atoms with Crippen LogP contribution in [-0.2, 0) is 28.6 Å². The number of Topliss-reactive ketones (excluding diaryl/α,β-unsaturated/α-hetero) is 1. The Morgan fingerprint density at radius 3 is 2.59 bits per heavy atom. The van der Waals surface area contributed by atoms with Crippen molar-refractivity contribution < 1.29 is 33.7 Å². The minimum atomic E-state index is -1.27. The average Bonchev–Trinajstić information content (AvgIpc) is 3.47. The summed E-state index contributed by atoms with van der Waals surface area (Å²) in [5.41, 5.74) is -1.24. The number of aliphatic hydroxyl groups excluding tert-OH is 1. The predicted octanol–water partition coefficient (Wildman–Crippen LogP) is 3.69. The van der Waals surface area contributed by atoms with Gasteiger partial charge in [-0.2, -0.15) is 0 Å². The number of carbonyl (C=O) groups excluding carboxylic acids is 3. The van der Waals surface area contributed by atoms with Crippen LogP contribution in [-0.4, -0.2) is 102 Å². The smallest absolute Gasteiger partial charge is 0.320 e. The van der Waals surface area contributed by atoms with Crippen LogP contribution >= 0.6 is 0 Å². The molecule has 0 aromatic heterocycles. The SMILES string of the molecule is CCCCN1CCN(CC(=O)OCC(=O)[C@@]23OC(CCC)O[C@@H]2CC2C4CCC5=CC(=O)C=C[C@]5(C)C4[C@@H](O)C[C@@]23C)CC1. The highest BCUT2D eigenvalue weighted by Gasteiger charge is 2.75. The number of nitrogens with zero attached hydrogens (tertiary/aromatic N) is 2. The van der Waals surface area contributed by atoms with Crippen LogP contribution in [0.4, 0.5) is 0 Å². The van der Waals surface area contributed by atoms with Crippen molar-refractivity contribution in [2.45, 2.75) is 103 Å². The van der Waals surface area contributed by atoms with Gasteiger partial charge in [-0.25, -0.2) is 0 Å². The first kappa shape index (κ1) is 32.0. The quantitative estimate of drug-likeness (QED) is 0.370. The van der Waals surface area contributed by atoms with E-state index in [0.717, 1.165) is 57.6 Å². The zero-order chi connectivity index (χ0) is 31.3. The number of hydrogen-bond acceptors (Lipinski definition) is 9. The molecule has 2 heterocycles. The van der Waals surface area contributed by atoms with Gasteiger partial charge in [-0.3, -0.25) is 19.3 Å². The van der Waals surface area contributed by atoms with Crippen LogP contribution in [0.3, 0.4) is 0 Å². The van der Waals surface area contributed by atoms with Crippen LogP contribution < -0.4 is 0 Å². The van der Waals surface area contributed by atoms with Crippen LogP contribution in [0.2, 0.25) is 0 Å². The number of fused-ring (bicyclic) bond motifs is 7. The highest BCUT2D eigenvalue weighted by atomic mass is 16.7. The van der Waals surface area contributed by atoms with Crippen molar-refractivity contribution in [1.82, 2.24) is 9.80 Å². The van der Waals surface area contributed by atoms with Gasteiger partial charge in [-0.05, 0) is 69.1 Å². The van der Waals surface area contributed by atoms with Gasteiger partial charge in [-0.1, -0.05) is 52.2 Å². The Morgan fingerprint density at radius 2 is 1.86 bits per heavy atom. The van der Waals surface area contributed by atoms with E-state index in [2.05, 4.69) is 37.5 Å². The third-order valence-corrected chi connectivity index (χ3v) is 12.2. The Labute approximate surface area is 262 Å². The molecule has 0 aromatic rings. The molecule has 0 radical (unpaired) electrons. The number of esters is 1. The number of rotatable bonds is 10. The van der Waals surface area contributed by atoms with Gasteiger partial charge < -0.3 is 24.2 Å². The lowest BCUT2D eigenvalue weighted by Gasteiger charge is -2.59. The second-order valence-corrected chi connectivity index (χ2v) is 14.7. The summed E-state index contributed by atoms with van der Waals surface area (Å²) in [5.74, 6) is -0.439. The van der Waals surface area contributed by atoms with E-state index in [9.17, 15) is 19.5 Å². The van der Waals surface area contributed by atoms with E-state index in [1.807, 2.05) is 6.08 Å². The van der Waals surface area contributed by atoms with Crippen LogP contribution in [0.5, 0.6) is 0 Å². The maximum absolute atomic E-state index is 14.4. The summed E-state index contributed by atoms with van der Waals surface area (Å²) in [6, 6.07) is 0. The van der Waals surface area contributed by atoms with Crippen molar-refractivity contribution in [2.24, 2.45) is 28.6 Å². The topological polar surface area (TPSA) is 106 Å². The summed E-state index contributed by atoms with van der Waals surface area (Å²) in [4.78, 5) is 44.1. The summed E-state index contributed by atoms with van der Waals surface area (Å²) in [7, 11) is 0. The summed E-state index contributed by atoms with van der Waals surface area (Å²) < 4.78 is 18.8. The van der Waals surface area contributed by atoms with Gasteiger partial charge in [0.25, 0.3) is 0 Å². The highest BCUT2D eigenvalue weighted by molar-refractivity contribution is 6.01. The van der Waals surface area contributed by atoms with Gasteiger partial charge in [0.1, 0.15) is 0 Å². The molecule has 9 nitrogen and oxygen atoms in total. The third-order valence-electron chi connectivity index (χ3n) is 12.2. The number of allylic oxidation sites excluding steroid dienone is 4. The molecule has 6 rings (SSSR count). The molecular formula is C35H52N2O7. The molecule has 9 heteroatoms. The van der Waals surface area contributed by atoms with E-state index in [1.54, 1.807) is 12.2 Å². The number of carbonyl (C=O) groups is 3. The first-order chi connectivity index (χ1) is 21.1. The second-order valence-electron chi connectivity index (χ2n) is 14.7. The highest BCUT2D eigenvalue weighted by Crippen LogP contribution is 2.69. The Bertz CT molecular complexity index is 1190. The maximum Gasteiger partial charge on any atom is 0.320 e. The van der Waals surface area contributed by atoms with Gasteiger partial charge in [0.2, 0.25) is 5.78 Å². The van der Waals surface area contributed by atoms with Crippen molar-refractivity contribution in [3.8, 4) is 0 Å². The molecule has 244 valence electrons. The molecule has 5 fully saturated rings. The maximum atomic E-state index is 14.4. The van der Waals surface area contributed by atoms with Gasteiger partial charge in [0.15, 0.2) is 24.3 Å². The molecule has 2 saturated heterocycles. The Morgan fingerprint density at radius 1 is 1.11 bits per heavy atom. The van der Waals surface area contributed by atoms with Crippen LogP contribution in [0.1, 0.15) is 79.1 Å². The lowest BCUT2D eigenvalue weighted by Crippen LogP contribution is -2.63. The van der Waals surface area contributed by atoms with Crippen LogP contribution in [0.25, 0.3) is 0 Å². The molecule has 1 N–H and O–H groups in total. The molecule has 6 aliphatic rings. The summed E-state index contributed by atoms with van der Waals surface area (Å²) in [6.07, 6.45) is 10.4. The Balaban J connectivity index is 1.18. The first-order valence-electron chi connectivity index (χ1n) is 17.1. The lowest BCUT2D eigenvalue weighted by atomic mass is 9.46. The summed E-state index contributed by atoms with van der Waals surface area (Å²) in [6.45, 7) is 12.9. The molecule has 3 saturated carbocycles. The second kappa shape index (κ2) is 12.4. The largest absolute Gasteiger partial charge is 0.457 e. The fourth-order valence-electron chi connectivity index (χ4n) is 10.0. The zero-order valence-corrected chi connectivity index (χ0v) is 27.1. The summed E-state index contributed by atoms with van der Waals surface area (Å²) >= 11 is 0. The molecule has 0 spiro atoms. The van der Waals surface area contributed by atoms with Gasteiger partial charge >= 0.3 is 5.97 Å². The predicted molar refractivity (Wildman–Crippen MR) is 165 cm³/mol. The number of ether oxygens (including phenoxy) is 3. The lowest BCUT2D eigenvalue weighted by molar-refractivity contribution is -0.201. The van der Waals surface area contributed by atoms with E-state index in [4.69, 9.17) is 14.2 Å². The van der Waals surface area contributed by atoms with Gasteiger partial charge in [0.05, 0.1) is 18.8 Å². The standard InChI is InChI=1S/C35H52N2O7/c1-5-7-13-36-14-16-37(17-15-36)21-30(41)42-22-28(40)35-29(43-31(44-35)8-6-2)19-26-25-10-9-23-18-24(38)11-12-33(23,3)32(25)27(39)20-34(26,35)4/h11-12,18,25-27,29,31-32,39H,5-10,13-17,19-22H2,1-4H3/t25?,26?,27-,29+,31?,32?,33-,34-,35+/m0/s1. The first-order valence-corrected chi connectivity index (χ1v) is 17.1. The minimum Gasteiger partial charge on any atom is -0.457 e. The van der Waals surface area contributed by atoms with Crippen molar-refractivity contribution in [2.75, 3.05) is 45.9 Å². The number of unbranched alkanes of at least 4 members (excludes halogenated alkanes) is 1. The molecule has 0 bridgehead atoms. The monoisotopic (exact) mass is 612 g/mol.